The zero-order valence-electron chi connectivity index (χ0n) is 22.1. The van der Waals surface area contributed by atoms with E-state index in [1.807, 2.05) is 0 Å². The van der Waals surface area contributed by atoms with E-state index in [2.05, 4.69) is 6.07 Å². The Bertz CT molecular complexity index is 1530. The molecule has 2 aromatic carbocycles. The van der Waals surface area contributed by atoms with Crippen LogP contribution in [0.1, 0.15) is 47.8 Å². The van der Waals surface area contributed by atoms with Gasteiger partial charge in [0.15, 0.2) is 5.78 Å². The predicted octanol–water partition coefficient (Wildman–Crippen LogP) is 3.77. The molecule has 0 saturated carbocycles. The Labute approximate surface area is 235 Å². The lowest BCUT2D eigenvalue weighted by Gasteiger charge is -2.20. The fraction of sp³-hybridized carbons (Fsp3) is 0.276. The lowest BCUT2D eigenvalue weighted by Crippen LogP contribution is -2.42. The van der Waals surface area contributed by atoms with Gasteiger partial charge in [-0.1, -0.05) is 30.7 Å². The number of Topliss-reactive ketones (excluding diaryl/α,β-unsaturated/α-hetero) is 1. The number of hydrogen-bond donors (Lipinski definition) is 2. The number of aliphatic carboxylic acids is 1. The third kappa shape index (κ3) is 6.75. The number of ketones is 1. The highest BCUT2D eigenvalue weighted by Crippen LogP contribution is 2.33. The zero-order chi connectivity index (χ0) is 29.6. The van der Waals surface area contributed by atoms with Gasteiger partial charge < -0.3 is 24.9 Å². The number of carboxylic acid groups (broad SMARTS) is 1. The van der Waals surface area contributed by atoms with E-state index in [0.29, 0.717) is 39.4 Å². The topological polar surface area (TPSA) is 162 Å². The van der Waals surface area contributed by atoms with Crippen LogP contribution in [0.5, 0.6) is 5.75 Å². The molecule has 1 aromatic heterocycles. The lowest BCUT2D eigenvalue weighted by molar-refractivity contribution is -0.141. The number of nitrogens with two attached hydrogens (primary N) is 1. The van der Waals surface area contributed by atoms with Gasteiger partial charge in [0.2, 0.25) is 0 Å². The Kier molecular flexibility index (Phi) is 9.82. The number of ether oxygens (including phenoxy) is 2. The standard InChI is InChI=1S/C29H28ClN3O7/c1-4-23(24(34)11-17-5-7-18(8-6-17)29(38)40-16(2)27(32)28(36)37)33-15-25(39-3)22(13-26(33)35)21-12-20(30)10-9-19(21)14-31/h5-10,12-13,15-16,23,27H,4,11,32H2,1-3H3,(H,36,37)/t16?,23?,27-/m0/s1. The zero-order valence-corrected chi connectivity index (χ0v) is 22.8. The quantitative estimate of drug-likeness (QED) is 0.329. The van der Waals surface area contributed by atoms with Crippen molar-refractivity contribution in [1.82, 2.24) is 4.57 Å². The summed E-state index contributed by atoms with van der Waals surface area (Å²) in [5.41, 5.74) is 6.93. The van der Waals surface area contributed by atoms with Gasteiger partial charge in [0.25, 0.3) is 5.56 Å². The van der Waals surface area contributed by atoms with Gasteiger partial charge in [-0.05, 0) is 49.2 Å². The summed E-state index contributed by atoms with van der Waals surface area (Å²) in [7, 11) is 1.43. The number of nitriles is 1. The Morgan fingerprint density at radius 2 is 1.80 bits per heavy atom. The summed E-state index contributed by atoms with van der Waals surface area (Å²) in [6.07, 6.45) is 0.725. The second kappa shape index (κ2) is 13.1. The predicted molar refractivity (Wildman–Crippen MR) is 147 cm³/mol. The summed E-state index contributed by atoms with van der Waals surface area (Å²) in [6, 6.07) is 12.0. The first-order valence-electron chi connectivity index (χ1n) is 12.3. The molecule has 3 N–H and O–H groups in total. The Morgan fingerprint density at radius 1 is 1.12 bits per heavy atom. The molecule has 0 bridgehead atoms. The van der Waals surface area contributed by atoms with Gasteiger partial charge >= 0.3 is 11.9 Å². The van der Waals surface area contributed by atoms with E-state index < -0.39 is 35.7 Å². The summed E-state index contributed by atoms with van der Waals surface area (Å²) in [5, 5.41) is 18.9. The number of methoxy groups -OCH3 is 1. The van der Waals surface area contributed by atoms with Crippen molar-refractivity contribution in [2.24, 2.45) is 5.73 Å². The highest BCUT2D eigenvalue weighted by molar-refractivity contribution is 6.31. The number of carbonyl (C=O) groups is 3. The van der Waals surface area contributed by atoms with Gasteiger partial charge in [-0.15, -0.1) is 0 Å². The second-order valence-corrected chi connectivity index (χ2v) is 9.48. The highest BCUT2D eigenvalue weighted by Gasteiger charge is 2.25. The molecular weight excluding hydrogens is 538 g/mol. The molecule has 0 radical (unpaired) electrons. The van der Waals surface area contributed by atoms with E-state index >= 15 is 0 Å². The van der Waals surface area contributed by atoms with Crippen molar-refractivity contribution in [3.63, 3.8) is 0 Å². The number of nitrogens with zero attached hydrogens (tertiary/aromatic N) is 2. The van der Waals surface area contributed by atoms with Crippen LogP contribution in [-0.4, -0.2) is 46.7 Å². The van der Waals surface area contributed by atoms with Crippen molar-refractivity contribution in [2.45, 2.75) is 44.9 Å². The number of carbonyl (C=O) groups excluding carboxylic acids is 2. The van der Waals surface area contributed by atoms with Crippen LogP contribution < -0.4 is 16.0 Å². The SMILES string of the molecule is CCC(C(=O)Cc1ccc(C(=O)OC(C)[C@H](N)C(=O)O)cc1)n1cc(OC)c(-c2cc(Cl)ccc2C#N)cc1=O. The van der Waals surface area contributed by atoms with E-state index in [1.54, 1.807) is 37.3 Å². The number of benzene rings is 2. The summed E-state index contributed by atoms with van der Waals surface area (Å²) in [6.45, 7) is 3.16. The van der Waals surface area contributed by atoms with Gasteiger partial charge in [0.05, 0.1) is 36.5 Å². The molecule has 10 nitrogen and oxygen atoms in total. The van der Waals surface area contributed by atoms with Crippen molar-refractivity contribution in [1.29, 1.82) is 5.26 Å². The highest BCUT2D eigenvalue weighted by atomic mass is 35.5. The minimum atomic E-state index is -1.36. The number of halogens is 1. The molecule has 0 spiro atoms. The number of hydrogen-bond acceptors (Lipinski definition) is 8. The summed E-state index contributed by atoms with van der Waals surface area (Å²) < 4.78 is 11.9. The number of esters is 1. The maximum atomic E-state index is 13.3. The summed E-state index contributed by atoms with van der Waals surface area (Å²) in [5.74, 6) is -1.98. The van der Waals surface area contributed by atoms with Gasteiger partial charge in [-0.3, -0.25) is 14.4 Å². The molecule has 0 amide bonds. The van der Waals surface area contributed by atoms with Gasteiger partial charge in [0, 0.05) is 28.6 Å². The van der Waals surface area contributed by atoms with Gasteiger partial charge in [-0.25, -0.2) is 4.79 Å². The summed E-state index contributed by atoms with van der Waals surface area (Å²) in [4.78, 5) is 49.7. The van der Waals surface area contributed by atoms with Crippen LogP contribution in [0.3, 0.4) is 0 Å². The molecule has 3 atom stereocenters. The molecule has 0 fully saturated rings. The van der Waals surface area contributed by atoms with E-state index in [9.17, 15) is 24.4 Å². The molecule has 11 heteroatoms. The smallest absolute Gasteiger partial charge is 0.338 e. The molecule has 3 rings (SSSR count). The minimum absolute atomic E-state index is 0.0164. The minimum Gasteiger partial charge on any atom is -0.495 e. The van der Waals surface area contributed by atoms with Gasteiger partial charge in [0.1, 0.15) is 17.9 Å². The van der Waals surface area contributed by atoms with Crippen LogP contribution in [0.15, 0.2) is 59.5 Å². The molecule has 208 valence electrons. The largest absolute Gasteiger partial charge is 0.495 e. The molecule has 2 unspecified atom stereocenters. The van der Waals surface area contributed by atoms with Gasteiger partial charge in [-0.2, -0.15) is 5.26 Å². The molecule has 1 heterocycles. The van der Waals surface area contributed by atoms with Crippen molar-refractivity contribution in [2.75, 3.05) is 7.11 Å². The Morgan fingerprint density at radius 3 is 2.38 bits per heavy atom. The second-order valence-electron chi connectivity index (χ2n) is 9.04. The van der Waals surface area contributed by atoms with E-state index in [1.165, 1.54) is 43.0 Å². The maximum Gasteiger partial charge on any atom is 0.338 e. The molecule has 0 aliphatic carbocycles. The Hall–Kier alpha value is -4.46. The van der Waals surface area contributed by atoms with Crippen LogP contribution in [0.4, 0.5) is 0 Å². The first kappa shape index (κ1) is 30.1. The van der Waals surface area contributed by atoms with Crippen LogP contribution in [0, 0.1) is 11.3 Å². The lowest BCUT2D eigenvalue weighted by atomic mass is 9.98. The van der Waals surface area contributed by atoms with E-state index in [4.69, 9.17) is 31.9 Å². The number of pyridine rings is 1. The monoisotopic (exact) mass is 565 g/mol. The first-order chi connectivity index (χ1) is 19.0. The van der Waals surface area contributed by atoms with Crippen molar-refractivity contribution in [3.8, 4) is 22.9 Å². The molecule has 3 aromatic rings. The fourth-order valence-electron chi connectivity index (χ4n) is 4.15. The molecule has 0 saturated heterocycles. The molecular formula is C29H28ClN3O7. The molecule has 0 aliphatic heterocycles. The maximum absolute atomic E-state index is 13.3. The van der Waals surface area contributed by atoms with Crippen molar-refractivity contribution < 1.29 is 29.0 Å². The summed E-state index contributed by atoms with van der Waals surface area (Å²) >= 11 is 6.12. The van der Waals surface area contributed by atoms with E-state index in [-0.39, 0.29) is 17.8 Å². The number of carboxylic acids is 1. The van der Waals surface area contributed by atoms with Crippen LogP contribution in [0.25, 0.3) is 11.1 Å². The molecule has 0 aliphatic rings. The van der Waals surface area contributed by atoms with Crippen LogP contribution in [0.2, 0.25) is 5.02 Å². The number of rotatable bonds is 11. The fourth-order valence-corrected chi connectivity index (χ4v) is 4.32. The van der Waals surface area contributed by atoms with Crippen LogP contribution in [-0.2, 0) is 20.7 Å². The average molecular weight is 566 g/mol. The van der Waals surface area contributed by atoms with Crippen molar-refractivity contribution in [3.05, 3.63) is 86.8 Å². The number of aromatic nitrogens is 1. The van der Waals surface area contributed by atoms with E-state index in [0.717, 1.165) is 0 Å². The third-order valence-electron chi connectivity index (χ3n) is 6.40. The molecule has 40 heavy (non-hydrogen) atoms. The average Bonchev–Trinajstić information content (AvgIpc) is 2.93. The third-order valence-corrected chi connectivity index (χ3v) is 6.64. The van der Waals surface area contributed by atoms with Crippen molar-refractivity contribution >= 4 is 29.3 Å². The van der Waals surface area contributed by atoms with Crippen LogP contribution >= 0.6 is 11.6 Å². The first-order valence-corrected chi connectivity index (χ1v) is 12.7. The normalized spacial score (nSPS) is 13.0. The Balaban J connectivity index is 1.83.